The zero-order valence-electron chi connectivity index (χ0n) is 16.6. The fourth-order valence-corrected chi connectivity index (χ4v) is 3.09. The minimum atomic E-state index is -5.48. The van der Waals surface area contributed by atoms with E-state index in [1.165, 1.54) is 30.3 Å². The van der Waals surface area contributed by atoms with Crippen molar-refractivity contribution >= 4 is 11.1 Å². The lowest BCUT2D eigenvalue weighted by Crippen LogP contribution is -2.26. The van der Waals surface area contributed by atoms with Crippen LogP contribution >= 0.6 is 0 Å². The molecule has 0 bridgehead atoms. The van der Waals surface area contributed by atoms with Gasteiger partial charge in [-0.15, -0.1) is 0 Å². The Morgan fingerprint density at radius 1 is 0.629 bits per heavy atom. The van der Waals surface area contributed by atoms with Crippen molar-refractivity contribution < 1.29 is 30.7 Å². The van der Waals surface area contributed by atoms with E-state index in [4.69, 9.17) is 15.8 Å². The van der Waals surface area contributed by atoms with Crippen LogP contribution in [-0.4, -0.2) is 0 Å². The number of hydrogen-bond acceptors (Lipinski definition) is 6. The average molecular weight is 484 g/mol. The van der Waals surface area contributed by atoms with Gasteiger partial charge in [0, 0.05) is 5.22 Å². The summed E-state index contributed by atoms with van der Waals surface area (Å²) in [4.78, 5) is 0. The van der Waals surface area contributed by atoms with Crippen molar-refractivity contribution in [3.8, 4) is 36.4 Å². The van der Waals surface area contributed by atoms with Crippen LogP contribution in [0.25, 0.3) is 11.1 Å². The Labute approximate surface area is 190 Å². The Hall–Kier alpha value is -5.37. The summed E-state index contributed by atoms with van der Waals surface area (Å²) in [6.07, 6.45) is -11.0. The third kappa shape index (κ3) is 4.57. The minimum Gasteiger partial charge on any atom is -0.206 e. The predicted octanol–water partition coefficient (Wildman–Crippen LogP) is 3.40. The molecule has 35 heavy (non-hydrogen) atoms. The van der Waals surface area contributed by atoms with Crippen LogP contribution in [0.15, 0.2) is 18.2 Å². The average Bonchev–Trinajstić information content (AvgIpc) is 2.79. The lowest BCUT2D eigenvalue weighted by molar-refractivity contribution is -0.143. The molecule has 0 spiro atoms. The van der Waals surface area contributed by atoms with E-state index in [1.807, 2.05) is 0 Å². The molecule has 0 aliphatic carbocycles. The Morgan fingerprint density at radius 3 is 1.43 bits per heavy atom. The van der Waals surface area contributed by atoms with Gasteiger partial charge in [-0.1, -0.05) is 0 Å². The third-order valence-electron chi connectivity index (χ3n) is 4.51. The molecule has 13 heteroatoms. The maximum absolute atomic E-state index is 14.8. The van der Waals surface area contributed by atoms with Crippen molar-refractivity contribution in [2.75, 3.05) is 0 Å². The van der Waals surface area contributed by atoms with Crippen molar-refractivity contribution in [2.45, 2.75) is 12.4 Å². The predicted molar refractivity (Wildman–Crippen MR) is 99.0 cm³/mol. The van der Waals surface area contributed by atoms with Crippen LogP contribution in [0.2, 0.25) is 0 Å². The first-order chi connectivity index (χ1) is 16.3. The van der Waals surface area contributed by atoms with Crippen molar-refractivity contribution in [3.05, 3.63) is 67.8 Å². The smallest absolute Gasteiger partial charge is 0.206 e. The van der Waals surface area contributed by atoms with Crippen molar-refractivity contribution in [1.82, 2.24) is 0 Å². The summed E-state index contributed by atoms with van der Waals surface area (Å²) in [5, 5.41) is 53.6. The van der Waals surface area contributed by atoms with E-state index in [9.17, 15) is 46.5 Å². The fraction of sp³-hybridized carbons (Fsp3) is 0.0909. The highest BCUT2D eigenvalue weighted by Gasteiger charge is 2.42. The Morgan fingerprint density at radius 2 is 1.09 bits per heavy atom. The molecule has 170 valence electrons. The molecule has 0 aliphatic rings. The first-order valence-corrected chi connectivity index (χ1v) is 8.65. The molecule has 0 unspecified atom stereocenters. The van der Waals surface area contributed by atoms with Gasteiger partial charge in [0.2, 0.25) is 0 Å². The van der Waals surface area contributed by atoms with Crippen LogP contribution in [0.5, 0.6) is 0 Å². The van der Waals surface area contributed by atoms with E-state index in [2.05, 4.69) is 0 Å². The van der Waals surface area contributed by atoms with Gasteiger partial charge in [0.25, 0.3) is 0 Å². The molecule has 0 aliphatic heterocycles. The van der Waals surface area contributed by atoms with E-state index in [-0.39, 0.29) is 12.1 Å². The van der Waals surface area contributed by atoms with E-state index >= 15 is 0 Å². The highest BCUT2D eigenvalue weighted by molar-refractivity contribution is 5.81. The third-order valence-corrected chi connectivity index (χ3v) is 4.51. The van der Waals surface area contributed by atoms with Gasteiger partial charge < -0.3 is 0 Å². The lowest BCUT2D eigenvalue weighted by Gasteiger charge is -2.17. The quantitative estimate of drug-likeness (QED) is 0.568. The van der Waals surface area contributed by atoms with Gasteiger partial charge in [0.15, 0.2) is 0 Å². The van der Waals surface area contributed by atoms with Gasteiger partial charge in [-0.3, -0.25) is 0 Å². The molecule has 0 heterocycles. The monoisotopic (exact) mass is 484 g/mol. The highest BCUT2D eigenvalue weighted by atomic mass is 19.4. The highest BCUT2D eigenvalue weighted by Crippen LogP contribution is 2.40. The number of benzene rings is 2. The Kier molecular flexibility index (Phi) is 6.84. The number of nitriles is 6. The second-order valence-corrected chi connectivity index (χ2v) is 6.39. The molecule has 0 N–H and O–H groups in total. The number of nitrogens with zero attached hydrogens (tertiary/aromatic N) is 6. The summed E-state index contributed by atoms with van der Waals surface area (Å²) < 4.78 is 95.6. The summed E-state index contributed by atoms with van der Waals surface area (Å²) in [6, 6.07) is 7.89. The molecule has 6 nitrogen and oxygen atoms in total. The summed E-state index contributed by atoms with van der Waals surface area (Å²) >= 11 is 0. The Bertz CT molecular complexity index is 1590. The molecule has 2 aromatic rings. The summed E-state index contributed by atoms with van der Waals surface area (Å²) in [5.74, 6) is -1.51. The molecule has 2 rings (SSSR count). The van der Waals surface area contributed by atoms with Gasteiger partial charge in [-0.05, 0) is 23.8 Å². The van der Waals surface area contributed by atoms with Crippen molar-refractivity contribution in [2.24, 2.45) is 0 Å². The van der Waals surface area contributed by atoms with Crippen LogP contribution in [0, 0.1) is 73.8 Å². The zero-order chi connectivity index (χ0) is 26.7. The number of hydrogen-bond donors (Lipinski definition) is 0. The second kappa shape index (κ2) is 9.24. The molecular weight excluding hydrogens is 481 g/mol. The van der Waals surface area contributed by atoms with Gasteiger partial charge in [-0.2, -0.15) is 57.9 Å². The van der Waals surface area contributed by atoms with Crippen LogP contribution < -0.4 is 10.4 Å². The molecule has 0 amide bonds. The minimum absolute atomic E-state index is 0.0491. The lowest BCUT2D eigenvalue weighted by atomic mass is 9.91. The van der Waals surface area contributed by atoms with Crippen molar-refractivity contribution in [3.63, 3.8) is 0 Å². The van der Waals surface area contributed by atoms with Crippen LogP contribution in [0.4, 0.5) is 30.7 Å². The van der Waals surface area contributed by atoms with Gasteiger partial charge in [-0.25, -0.2) is 4.39 Å². The first kappa shape index (κ1) is 25.9. The van der Waals surface area contributed by atoms with Gasteiger partial charge in [0.05, 0.1) is 38.6 Å². The Balaban J connectivity index is 3.33. The number of rotatable bonds is 1. The van der Waals surface area contributed by atoms with Crippen molar-refractivity contribution in [1.29, 1.82) is 31.6 Å². The maximum atomic E-state index is 14.8. The topological polar surface area (TPSA) is 143 Å². The van der Waals surface area contributed by atoms with E-state index in [1.54, 1.807) is 0 Å². The molecule has 0 radical (unpaired) electrons. The molecule has 0 fully saturated rings. The zero-order valence-corrected chi connectivity index (χ0v) is 16.6. The van der Waals surface area contributed by atoms with Crippen LogP contribution in [-0.2, 0) is 12.4 Å². The molecule has 0 atom stereocenters. The first-order valence-electron chi connectivity index (χ1n) is 8.65. The van der Waals surface area contributed by atoms with E-state index in [0.29, 0.717) is 6.07 Å². The fourth-order valence-electron chi connectivity index (χ4n) is 3.09. The van der Waals surface area contributed by atoms with E-state index < -0.39 is 73.1 Å². The van der Waals surface area contributed by atoms with Crippen LogP contribution in [0.3, 0.4) is 0 Å². The van der Waals surface area contributed by atoms with Gasteiger partial charge in [0.1, 0.15) is 47.8 Å². The second-order valence-electron chi connectivity index (χ2n) is 6.39. The molecule has 0 saturated heterocycles. The number of alkyl halides is 6. The van der Waals surface area contributed by atoms with Crippen LogP contribution in [0.1, 0.15) is 33.4 Å². The summed E-state index contributed by atoms with van der Waals surface area (Å²) in [6.45, 7) is 0. The largest absolute Gasteiger partial charge is 0.417 e. The molecule has 2 aromatic carbocycles. The summed E-state index contributed by atoms with van der Waals surface area (Å²) in [5.41, 5.74) is -10.8. The SMILES string of the molecule is N#CC(C#N)=c1c(F)c/c(=C(/C#N)c2cc(C(F)(F)F)c(C#N)c(C(F)(F)F)c2)c(C#N)c1C#N. The number of halogens is 7. The summed E-state index contributed by atoms with van der Waals surface area (Å²) in [7, 11) is 0. The standard InChI is InChI=1S/C22H3F7N6/c23-19-3-12(14(7-33)15(8-34)20(19)11(4-30)5-31)13(6-32)10-1-17(21(24,25)26)16(9-35)18(2-10)22(27,28)29/h1-3H/b13-12+. The molecule has 0 saturated carbocycles. The maximum Gasteiger partial charge on any atom is 0.417 e. The molecule has 0 aromatic heterocycles. The van der Waals surface area contributed by atoms with Gasteiger partial charge >= 0.3 is 12.4 Å². The normalized spacial score (nSPS) is 11.6. The molecular formula is C22H3F7N6. The van der Waals surface area contributed by atoms with E-state index in [0.717, 1.165) is 6.07 Å².